The summed E-state index contributed by atoms with van der Waals surface area (Å²) < 4.78 is 5.63. The van der Waals surface area contributed by atoms with Crippen LogP contribution in [0.15, 0.2) is 4.99 Å². The van der Waals surface area contributed by atoms with Gasteiger partial charge in [-0.25, -0.2) is 0 Å². The van der Waals surface area contributed by atoms with Crippen LogP contribution in [0.4, 0.5) is 0 Å². The zero-order valence-corrected chi connectivity index (χ0v) is 17.2. The SMILES string of the molecule is CN=C(NCCC1CCCC(C)C1)N1CCC2(CCOC2)C1.I. The van der Waals surface area contributed by atoms with Crippen LogP contribution in [0.3, 0.4) is 0 Å². The molecule has 1 aliphatic carbocycles. The first-order valence-corrected chi connectivity index (χ1v) is 9.24. The summed E-state index contributed by atoms with van der Waals surface area (Å²) in [5.74, 6) is 2.95. The van der Waals surface area contributed by atoms with Crippen molar-refractivity contribution in [1.29, 1.82) is 0 Å². The summed E-state index contributed by atoms with van der Waals surface area (Å²) in [5.41, 5.74) is 0.413. The van der Waals surface area contributed by atoms with E-state index in [4.69, 9.17) is 4.74 Å². The van der Waals surface area contributed by atoms with Crippen molar-refractivity contribution in [2.24, 2.45) is 22.2 Å². The molecule has 1 N–H and O–H groups in total. The maximum atomic E-state index is 5.63. The van der Waals surface area contributed by atoms with Gasteiger partial charge in [0.2, 0.25) is 0 Å². The Morgan fingerprint density at radius 1 is 1.35 bits per heavy atom. The molecule has 4 nitrogen and oxygen atoms in total. The van der Waals surface area contributed by atoms with Crippen molar-refractivity contribution in [3.63, 3.8) is 0 Å². The van der Waals surface area contributed by atoms with E-state index in [1.54, 1.807) is 0 Å². The number of halogens is 1. The van der Waals surface area contributed by atoms with Gasteiger partial charge in [0.15, 0.2) is 5.96 Å². The van der Waals surface area contributed by atoms with E-state index < -0.39 is 0 Å². The van der Waals surface area contributed by atoms with Gasteiger partial charge < -0.3 is 15.0 Å². The lowest BCUT2D eigenvalue weighted by Gasteiger charge is -2.28. The van der Waals surface area contributed by atoms with Crippen molar-refractivity contribution in [3.05, 3.63) is 0 Å². The molecule has 1 saturated carbocycles. The normalized spacial score (nSPS) is 34.7. The van der Waals surface area contributed by atoms with Gasteiger partial charge in [0.1, 0.15) is 0 Å². The molecule has 23 heavy (non-hydrogen) atoms. The average Bonchev–Trinajstić information content (AvgIpc) is 3.14. The molecule has 0 aromatic rings. The summed E-state index contributed by atoms with van der Waals surface area (Å²) in [6.07, 6.45) is 9.48. The molecule has 0 bridgehead atoms. The molecular formula is C18H34IN3O. The molecule has 2 saturated heterocycles. The quantitative estimate of drug-likeness (QED) is 0.419. The Bertz CT molecular complexity index is 396. The summed E-state index contributed by atoms with van der Waals surface area (Å²) in [6, 6.07) is 0. The van der Waals surface area contributed by atoms with Gasteiger partial charge in [0, 0.05) is 38.7 Å². The molecule has 3 unspecified atom stereocenters. The molecule has 2 aliphatic heterocycles. The van der Waals surface area contributed by atoms with E-state index in [0.717, 1.165) is 50.6 Å². The first-order valence-electron chi connectivity index (χ1n) is 9.24. The molecule has 0 aromatic heterocycles. The third-order valence-corrected chi connectivity index (χ3v) is 6.02. The molecule has 3 aliphatic rings. The van der Waals surface area contributed by atoms with Crippen molar-refractivity contribution >= 4 is 29.9 Å². The molecule has 5 heteroatoms. The molecule has 3 rings (SSSR count). The van der Waals surface area contributed by atoms with E-state index in [2.05, 4.69) is 22.1 Å². The molecule has 2 heterocycles. The van der Waals surface area contributed by atoms with Gasteiger partial charge in [-0.15, -0.1) is 24.0 Å². The summed E-state index contributed by atoms with van der Waals surface area (Å²) in [5, 5.41) is 3.61. The first kappa shape index (κ1) is 19.3. The van der Waals surface area contributed by atoms with Gasteiger partial charge in [0.05, 0.1) is 6.61 Å². The Morgan fingerprint density at radius 2 is 2.22 bits per heavy atom. The number of likely N-dealkylation sites (tertiary alicyclic amines) is 1. The van der Waals surface area contributed by atoms with E-state index in [-0.39, 0.29) is 24.0 Å². The lowest BCUT2D eigenvalue weighted by Crippen LogP contribution is -2.42. The smallest absolute Gasteiger partial charge is 0.193 e. The van der Waals surface area contributed by atoms with Crippen LogP contribution < -0.4 is 5.32 Å². The summed E-state index contributed by atoms with van der Waals surface area (Å²) >= 11 is 0. The zero-order valence-electron chi connectivity index (χ0n) is 14.9. The number of nitrogens with one attached hydrogen (secondary N) is 1. The number of rotatable bonds is 3. The minimum Gasteiger partial charge on any atom is -0.381 e. The van der Waals surface area contributed by atoms with Crippen LogP contribution in [-0.2, 0) is 4.74 Å². The van der Waals surface area contributed by atoms with Gasteiger partial charge in [-0.05, 0) is 37.5 Å². The van der Waals surface area contributed by atoms with Crippen molar-refractivity contribution in [2.45, 2.75) is 51.9 Å². The van der Waals surface area contributed by atoms with Crippen LogP contribution in [0.5, 0.6) is 0 Å². The molecule has 0 amide bonds. The number of ether oxygens (including phenoxy) is 1. The molecule has 0 radical (unpaired) electrons. The lowest BCUT2D eigenvalue weighted by atomic mass is 9.81. The highest BCUT2D eigenvalue weighted by atomic mass is 127. The van der Waals surface area contributed by atoms with E-state index in [1.165, 1.54) is 44.9 Å². The molecule has 3 fully saturated rings. The van der Waals surface area contributed by atoms with Gasteiger partial charge >= 0.3 is 0 Å². The zero-order chi connectivity index (χ0) is 15.4. The maximum Gasteiger partial charge on any atom is 0.193 e. The second-order valence-electron chi connectivity index (χ2n) is 7.87. The van der Waals surface area contributed by atoms with E-state index in [0.29, 0.717) is 5.41 Å². The number of hydrogen-bond acceptors (Lipinski definition) is 2. The van der Waals surface area contributed by atoms with Crippen molar-refractivity contribution in [3.8, 4) is 0 Å². The third kappa shape index (κ3) is 4.97. The lowest BCUT2D eigenvalue weighted by molar-refractivity contribution is 0.156. The number of hydrogen-bond donors (Lipinski definition) is 1. The second kappa shape index (κ2) is 8.88. The fourth-order valence-corrected chi connectivity index (χ4v) is 4.63. The number of aliphatic imine (C=N–C) groups is 1. The number of nitrogens with zero attached hydrogens (tertiary/aromatic N) is 2. The molecule has 0 aromatic carbocycles. The maximum absolute atomic E-state index is 5.63. The average molecular weight is 435 g/mol. The predicted molar refractivity (Wildman–Crippen MR) is 107 cm³/mol. The van der Waals surface area contributed by atoms with Crippen LogP contribution in [0.25, 0.3) is 0 Å². The molecule has 3 atom stereocenters. The first-order chi connectivity index (χ1) is 10.7. The molecule has 1 spiro atoms. The Hall–Kier alpha value is -0.0400. The Labute approximate surface area is 158 Å². The van der Waals surface area contributed by atoms with Gasteiger partial charge in [-0.1, -0.05) is 26.2 Å². The summed E-state index contributed by atoms with van der Waals surface area (Å²) in [6.45, 7) is 7.62. The van der Waals surface area contributed by atoms with Crippen molar-refractivity contribution in [2.75, 3.05) is 39.9 Å². The van der Waals surface area contributed by atoms with Gasteiger partial charge in [-0.3, -0.25) is 4.99 Å². The predicted octanol–water partition coefficient (Wildman–Crippen LogP) is 3.51. The minimum absolute atomic E-state index is 0. The highest BCUT2D eigenvalue weighted by Crippen LogP contribution is 2.38. The Balaban J connectivity index is 0.00000192. The van der Waals surface area contributed by atoms with Crippen LogP contribution in [0.2, 0.25) is 0 Å². The fraction of sp³-hybridized carbons (Fsp3) is 0.944. The highest BCUT2D eigenvalue weighted by molar-refractivity contribution is 14.0. The van der Waals surface area contributed by atoms with E-state index in [9.17, 15) is 0 Å². The van der Waals surface area contributed by atoms with Crippen LogP contribution in [0.1, 0.15) is 51.9 Å². The standard InChI is InChI=1S/C18H33N3O.HI/c1-15-4-3-5-16(12-15)6-9-20-17(19-2)21-10-7-18(13-21)8-11-22-14-18;/h15-16H,3-14H2,1-2H3,(H,19,20);1H. The molecule has 134 valence electrons. The molecular weight excluding hydrogens is 401 g/mol. The van der Waals surface area contributed by atoms with Crippen molar-refractivity contribution in [1.82, 2.24) is 10.2 Å². The van der Waals surface area contributed by atoms with E-state index in [1.807, 2.05) is 7.05 Å². The summed E-state index contributed by atoms with van der Waals surface area (Å²) in [7, 11) is 1.92. The second-order valence-corrected chi connectivity index (χ2v) is 7.87. The van der Waals surface area contributed by atoms with Crippen LogP contribution in [0, 0.1) is 17.3 Å². The largest absolute Gasteiger partial charge is 0.381 e. The summed E-state index contributed by atoms with van der Waals surface area (Å²) in [4.78, 5) is 6.96. The Morgan fingerprint density at radius 3 is 2.91 bits per heavy atom. The van der Waals surface area contributed by atoms with Crippen molar-refractivity contribution < 1.29 is 4.74 Å². The van der Waals surface area contributed by atoms with E-state index >= 15 is 0 Å². The van der Waals surface area contributed by atoms with Crippen LogP contribution >= 0.6 is 24.0 Å². The van der Waals surface area contributed by atoms with Gasteiger partial charge in [-0.2, -0.15) is 0 Å². The topological polar surface area (TPSA) is 36.9 Å². The highest BCUT2D eigenvalue weighted by Gasteiger charge is 2.42. The fourth-order valence-electron chi connectivity index (χ4n) is 4.63. The number of guanidine groups is 1. The minimum atomic E-state index is 0. The monoisotopic (exact) mass is 435 g/mol. The Kier molecular flexibility index (Phi) is 7.45. The van der Waals surface area contributed by atoms with Crippen LogP contribution in [-0.4, -0.2) is 50.8 Å². The van der Waals surface area contributed by atoms with Gasteiger partial charge in [0.25, 0.3) is 0 Å². The third-order valence-electron chi connectivity index (χ3n) is 6.02.